The Hall–Kier alpha value is -3.12. The molecule has 2 aromatic rings. The Morgan fingerprint density at radius 1 is 0.464 bits per heavy atom. The second-order valence-corrected chi connectivity index (χ2v) is 5.06. The number of carbonyl (C=O) groups is 2. The predicted octanol–water partition coefficient (Wildman–Crippen LogP) is 3.99. The zero-order valence-corrected chi connectivity index (χ0v) is 13.0. The number of carbonyl (C=O) groups excluding carboxylic acids is 2. The number of halogens is 10. The molecule has 2 rings (SSSR count). The van der Waals surface area contributed by atoms with E-state index in [4.69, 9.17) is 0 Å². The molecule has 0 saturated heterocycles. The van der Waals surface area contributed by atoms with E-state index in [1.54, 1.807) is 0 Å². The molecule has 2 aromatic carbocycles. The van der Waals surface area contributed by atoms with Gasteiger partial charge in [-0.15, -0.1) is 0 Å². The van der Waals surface area contributed by atoms with Gasteiger partial charge in [-0.2, -0.15) is 0 Å². The first-order chi connectivity index (χ1) is 12.8. The van der Waals surface area contributed by atoms with Crippen LogP contribution >= 0.6 is 0 Å². The Labute approximate surface area is 147 Å². The average Bonchev–Trinajstić information content (AvgIpc) is 2.67. The number of hydrogen-bond donors (Lipinski definition) is 0. The number of nitrogens with zero attached hydrogens (tertiary/aromatic N) is 1. The van der Waals surface area contributed by atoms with E-state index in [1.165, 1.54) is 0 Å². The minimum absolute atomic E-state index is 0.251. The maximum atomic E-state index is 13.6. The van der Waals surface area contributed by atoms with Gasteiger partial charge in [0, 0.05) is 7.05 Å². The number of rotatable bonds is 2. The van der Waals surface area contributed by atoms with Crippen LogP contribution in [0.2, 0.25) is 0 Å². The Morgan fingerprint density at radius 3 is 0.857 bits per heavy atom. The van der Waals surface area contributed by atoms with Crippen molar-refractivity contribution in [1.29, 1.82) is 0 Å². The largest absolute Gasteiger partial charge is 0.277 e. The smallest absolute Gasteiger partial charge is 0.266 e. The quantitative estimate of drug-likeness (QED) is 0.320. The summed E-state index contributed by atoms with van der Waals surface area (Å²) in [6.45, 7) is 0. The summed E-state index contributed by atoms with van der Waals surface area (Å²) < 4.78 is 133. The summed E-state index contributed by atoms with van der Waals surface area (Å²) in [5.41, 5.74) is -4.37. The van der Waals surface area contributed by atoms with Crippen molar-refractivity contribution in [2.75, 3.05) is 7.05 Å². The number of imide groups is 1. The topological polar surface area (TPSA) is 37.4 Å². The minimum atomic E-state index is -2.65. The molecule has 0 unspecified atom stereocenters. The van der Waals surface area contributed by atoms with E-state index in [2.05, 4.69) is 0 Å². The molecular weight excluding hydrogens is 416 g/mol. The van der Waals surface area contributed by atoms with Crippen molar-refractivity contribution in [2.24, 2.45) is 0 Å². The minimum Gasteiger partial charge on any atom is -0.277 e. The first-order valence-corrected chi connectivity index (χ1v) is 6.69. The summed E-state index contributed by atoms with van der Waals surface area (Å²) in [6.07, 6.45) is 0. The van der Waals surface area contributed by atoms with Crippen LogP contribution in [0.1, 0.15) is 20.7 Å². The Kier molecular flexibility index (Phi) is 5.39. The lowest BCUT2D eigenvalue weighted by Gasteiger charge is -2.18. The second-order valence-electron chi connectivity index (χ2n) is 5.06. The maximum absolute atomic E-state index is 13.6. The Morgan fingerprint density at radius 2 is 0.643 bits per heavy atom. The van der Waals surface area contributed by atoms with Crippen LogP contribution in [-0.2, 0) is 0 Å². The molecule has 0 radical (unpaired) electrons. The first-order valence-electron chi connectivity index (χ1n) is 6.69. The van der Waals surface area contributed by atoms with Crippen LogP contribution in [0.5, 0.6) is 0 Å². The SMILES string of the molecule is CN(C(=O)c1c(F)c(F)c(F)c(F)c1F)C(=O)c1c(F)c(F)c(F)c(F)c1F. The molecule has 0 aliphatic carbocycles. The van der Waals surface area contributed by atoms with Gasteiger partial charge in [-0.05, 0) is 0 Å². The number of benzene rings is 2. The molecule has 0 aromatic heterocycles. The van der Waals surface area contributed by atoms with E-state index in [0.29, 0.717) is 0 Å². The maximum Gasteiger partial charge on any atom is 0.266 e. The van der Waals surface area contributed by atoms with Gasteiger partial charge in [0.1, 0.15) is 11.1 Å². The third-order valence-electron chi connectivity index (χ3n) is 3.46. The lowest BCUT2D eigenvalue weighted by Crippen LogP contribution is -2.36. The molecule has 0 aliphatic heterocycles. The lowest BCUT2D eigenvalue weighted by atomic mass is 10.1. The van der Waals surface area contributed by atoms with Crippen molar-refractivity contribution in [3.8, 4) is 0 Å². The van der Waals surface area contributed by atoms with Gasteiger partial charge in [-0.3, -0.25) is 14.5 Å². The molecule has 0 heterocycles. The molecule has 0 aliphatic rings. The monoisotopic (exact) mass is 419 g/mol. The molecule has 150 valence electrons. The molecule has 0 N–H and O–H groups in total. The molecule has 3 nitrogen and oxygen atoms in total. The van der Waals surface area contributed by atoms with Gasteiger partial charge >= 0.3 is 0 Å². The van der Waals surface area contributed by atoms with E-state index < -0.39 is 86.0 Å². The van der Waals surface area contributed by atoms with E-state index in [-0.39, 0.29) is 7.05 Å². The standard InChI is InChI=1S/C15H3F10NO2/c1-26(14(27)2-4(16)8(20)12(24)9(21)5(2)17)15(28)3-6(18)10(22)13(25)11(23)7(3)19/h1H3. The van der Waals surface area contributed by atoms with Crippen molar-refractivity contribution >= 4 is 11.8 Å². The van der Waals surface area contributed by atoms with Crippen LogP contribution in [0.3, 0.4) is 0 Å². The summed E-state index contributed by atoms with van der Waals surface area (Å²) in [7, 11) is 0.251. The molecule has 0 fully saturated rings. The van der Waals surface area contributed by atoms with Crippen LogP contribution < -0.4 is 0 Å². The van der Waals surface area contributed by atoms with Crippen molar-refractivity contribution in [3.63, 3.8) is 0 Å². The summed E-state index contributed by atoms with van der Waals surface area (Å²) in [5.74, 6) is -30.9. The molecular formula is C15H3F10NO2. The highest BCUT2D eigenvalue weighted by Crippen LogP contribution is 2.27. The molecule has 13 heteroatoms. The predicted molar refractivity (Wildman–Crippen MR) is 68.9 cm³/mol. The van der Waals surface area contributed by atoms with Gasteiger partial charge in [0.2, 0.25) is 11.6 Å². The highest BCUT2D eigenvalue weighted by atomic mass is 19.2. The van der Waals surface area contributed by atoms with Gasteiger partial charge in [-0.1, -0.05) is 0 Å². The van der Waals surface area contributed by atoms with E-state index in [9.17, 15) is 53.5 Å². The van der Waals surface area contributed by atoms with Crippen molar-refractivity contribution < 1.29 is 53.5 Å². The Balaban J connectivity index is 2.62. The van der Waals surface area contributed by atoms with Crippen molar-refractivity contribution in [1.82, 2.24) is 4.90 Å². The highest BCUT2D eigenvalue weighted by Gasteiger charge is 2.36. The van der Waals surface area contributed by atoms with Crippen molar-refractivity contribution in [2.45, 2.75) is 0 Å². The Bertz CT molecular complexity index is 897. The van der Waals surface area contributed by atoms with E-state index >= 15 is 0 Å². The summed E-state index contributed by atoms with van der Waals surface area (Å²) in [4.78, 5) is 23.3. The molecule has 0 bridgehead atoms. The number of hydrogen-bond acceptors (Lipinski definition) is 2. The number of amides is 2. The zero-order valence-electron chi connectivity index (χ0n) is 13.0. The fraction of sp³-hybridized carbons (Fsp3) is 0.0667. The molecule has 0 spiro atoms. The highest BCUT2D eigenvalue weighted by molar-refractivity contribution is 6.10. The second kappa shape index (κ2) is 7.13. The van der Waals surface area contributed by atoms with Gasteiger partial charge in [0.05, 0.1) is 0 Å². The van der Waals surface area contributed by atoms with Crippen LogP contribution in [0.25, 0.3) is 0 Å². The average molecular weight is 419 g/mol. The first kappa shape index (κ1) is 21.2. The van der Waals surface area contributed by atoms with E-state index in [1.807, 2.05) is 0 Å². The van der Waals surface area contributed by atoms with Crippen LogP contribution in [-0.4, -0.2) is 23.8 Å². The van der Waals surface area contributed by atoms with Crippen LogP contribution in [0.15, 0.2) is 0 Å². The van der Waals surface area contributed by atoms with Gasteiger partial charge in [0.25, 0.3) is 11.8 Å². The fourth-order valence-corrected chi connectivity index (χ4v) is 2.01. The zero-order chi connectivity index (χ0) is 21.7. The molecule has 0 saturated carbocycles. The summed E-state index contributed by atoms with van der Waals surface area (Å²) in [5, 5.41) is 0. The summed E-state index contributed by atoms with van der Waals surface area (Å²) in [6, 6.07) is 0. The molecule has 0 atom stereocenters. The van der Waals surface area contributed by atoms with Gasteiger partial charge < -0.3 is 0 Å². The normalized spacial score (nSPS) is 11.0. The third kappa shape index (κ3) is 2.96. The van der Waals surface area contributed by atoms with Crippen molar-refractivity contribution in [3.05, 3.63) is 69.3 Å². The van der Waals surface area contributed by atoms with Gasteiger partial charge in [0.15, 0.2) is 46.5 Å². The molecule has 2 amide bonds. The van der Waals surface area contributed by atoms with Gasteiger partial charge in [-0.25, -0.2) is 43.9 Å². The third-order valence-corrected chi connectivity index (χ3v) is 3.46. The van der Waals surface area contributed by atoms with E-state index in [0.717, 1.165) is 0 Å². The summed E-state index contributed by atoms with van der Waals surface area (Å²) >= 11 is 0. The van der Waals surface area contributed by atoms with Crippen LogP contribution in [0.4, 0.5) is 43.9 Å². The lowest BCUT2D eigenvalue weighted by molar-refractivity contribution is 0.0641. The fourth-order valence-electron chi connectivity index (χ4n) is 2.01. The molecule has 28 heavy (non-hydrogen) atoms. The van der Waals surface area contributed by atoms with Crippen LogP contribution in [0, 0.1) is 58.2 Å².